The molecule has 0 radical (unpaired) electrons. The molecule has 0 saturated carbocycles. The van der Waals surface area contributed by atoms with Gasteiger partial charge in [-0.05, 0) is 42.2 Å². The Balaban J connectivity index is 1.87. The molecule has 1 atom stereocenters. The Bertz CT molecular complexity index is 871. The van der Waals surface area contributed by atoms with Crippen LogP contribution in [0, 0.1) is 12.8 Å². The molecule has 3 rings (SSSR count). The van der Waals surface area contributed by atoms with Gasteiger partial charge < -0.3 is 5.32 Å². The van der Waals surface area contributed by atoms with E-state index in [0.29, 0.717) is 10.2 Å². The van der Waals surface area contributed by atoms with Crippen LogP contribution in [0.3, 0.4) is 0 Å². The molecule has 5 heteroatoms. The van der Waals surface area contributed by atoms with Crippen molar-refractivity contribution in [2.45, 2.75) is 26.7 Å². The average molecular weight is 359 g/mol. The number of nitrogens with zero attached hydrogens (tertiary/aromatic N) is 1. The summed E-state index contributed by atoms with van der Waals surface area (Å²) >= 11 is 7.46. The van der Waals surface area contributed by atoms with Gasteiger partial charge in [-0.2, -0.15) is 0 Å². The first-order valence-corrected chi connectivity index (χ1v) is 9.07. The molecule has 0 bridgehead atoms. The van der Waals surface area contributed by atoms with Gasteiger partial charge in [0.05, 0.1) is 16.1 Å². The number of hydrogen-bond donors (Lipinski definition) is 1. The molecule has 0 spiro atoms. The molecule has 1 N–H and O–H groups in total. The Morgan fingerprint density at radius 2 is 1.88 bits per heavy atom. The molecule has 2 aromatic carbocycles. The van der Waals surface area contributed by atoms with Crippen molar-refractivity contribution in [3.05, 3.63) is 58.6 Å². The van der Waals surface area contributed by atoms with Crippen molar-refractivity contribution >= 4 is 44.2 Å². The van der Waals surface area contributed by atoms with E-state index in [9.17, 15) is 4.79 Å². The quantitative estimate of drug-likeness (QED) is 0.656. The van der Waals surface area contributed by atoms with Gasteiger partial charge in [-0.3, -0.25) is 4.79 Å². The lowest BCUT2D eigenvalue weighted by molar-refractivity contribution is -0.118. The van der Waals surface area contributed by atoms with Gasteiger partial charge in [0.1, 0.15) is 0 Å². The monoisotopic (exact) mass is 358 g/mol. The van der Waals surface area contributed by atoms with E-state index in [1.54, 1.807) is 0 Å². The average Bonchev–Trinajstić information content (AvgIpc) is 2.93. The van der Waals surface area contributed by atoms with Crippen LogP contribution in [0.2, 0.25) is 5.02 Å². The van der Waals surface area contributed by atoms with Crippen LogP contribution < -0.4 is 5.32 Å². The van der Waals surface area contributed by atoms with E-state index in [1.165, 1.54) is 11.3 Å². The Morgan fingerprint density at radius 1 is 1.17 bits per heavy atom. The smallest absolute Gasteiger partial charge is 0.233 e. The molecule has 1 heterocycles. The number of carbonyl (C=O) groups excluding carboxylic acids is 1. The number of benzene rings is 2. The molecule has 0 fully saturated rings. The van der Waals surface area contributed by atoms with Crippen LogP contribution in [0.1, 0.15) is 30.9 Å². The standard InChI is InChI=1S/C19H19ClN2OS/c1-11(2)16(13-7-9-14(20)10-8-13)18(23)22-19-21-17-12(3)5-4-6-15(17)24-19/h4-11,16H,1-3H3,(H,21,22,23)/t16-/m1/s1. The maximum absolute atomic E-state index is 12.8. The number of hydrogen-bond acceptors (Lipinski definition) is 3. The van der Waals surface area contributed by atoms with Crippen molar-refractivity contribution in [3.8, 4) is 0 Å². The van der Waals surface area contributed by atoms with Gasteiger partial charge in [-0.1, -0.05) is 61.1 Å². The van der Waals surface area contributed by atoms with Crippen molar-refractivity contribution in [2.24, 2.45) is 5.92 Å². The van der Waals surface area contributed by atoms with Gasteiger partial charge in [0, 0.05) is 5.02 Å². The number of aromatic nitrogens is 1. The van der Waals surface area contributed by atoms with Crippen molar-refractivity contribution in [1.29, 1.82) is 0 Å². The zero-order valence-electron chi connectivity index (χ0n) is 13.8. The van der Waals surface area contributed by atoms with E-state index in [1.807, 2.05) is 63.2 Å². The number of nitrogens with one attached hydrogen (secondary N) is 1. The van der Waals surface area contributed by atoms with E-state index < -0.39 is 0 Å². The third-order valence-corrected chi connectivity index (χ3v) is 5.22. The normalized spacial score (nSPS) is 12.5. The van der Waals surface area contributed by atoms with Gasteiger partial charge in [0.15, 0.2) is 5.13 Å². The summed E-state index contributed by atoms with van der Waals surface area (Å²) in [5, 5.41) is 4.30. The third kappa shape index (κ3) is 3.45. The second kappa shape index (κ2) is 6.91. The van der Waals surface area contributed by atoms with Crippen LogP contribution in [-0.4, -0.2) is 10.9 Å². The van der Waals surface area contributed by atoms with Crippen LogP contribution in [0.5, 0.6) is 0 Å². The molecule has 24 heavy (non-hydrogen) atoms. The van der Waals surface area contributed by atoms with Crippen molar-refractivity contribution in [1.82, 2.24) is 4.98 Å². The summed E-state index contributed by atoms with van der Waals surface area (Å²) in [7, 11) is 0. The van der Waals surface area contributed by atoms with Crippen LogP contribution in [0.4, 0.5) is 5.13 Å². The van der Waals surface area contributed by atoms with Crippen molar-refractivity contribution in [2.75, 3.05) is 5.32 Å². The van der Waals surface area contributed by atoms with Crippen molar-refractivity contribution in [3.63, 3.8) is 0 Å². The summed E-state index contributed by atoms with van der Waals surface area (Å²) in [6.45, 7) is 6.11. The Labute approximate surface area is 150 Å². The summed E-state index contributed by atoms with van der Waals surface area (Å²) in [5.41, 5.74) is 3.02. The first kappa shape index (κ1) is 16.9. The number of fused-ring (bicyclic) bond motifs is 1. The van der Waals surface area contributed by atoms with Gasteiger partial charge in [-0.25, -0.2) is 4.98 Å². The molecule has 3 aromatic rings. The summed E-state index contributed by atoms with van der Waals surface area (Å²) in [6, 6.07) is 13.5. The molecule has 1 aromatic heterocycles. The summed E-state index contributed by atoms with van der Waals surface area (Å²) in [5.74, 6) is -0.110. The maximum atomic E-state index is 12.8. The van der Waals surface area contributed by atoms with Gasteiger partial charge in [-0.15, -0.1) is 0 Å². The lowest BCUT2D eigenvalue weighted by atomic mass is 9.88. The molecule has 0 saturated heterocycles. The van der Waals surface area contributed by atoms with E-state index in [0.717, 1.165) is 21.3 Å². The predicted molar refractivity (Wildman–Crippen MR) is 102 cm³/mol. The molecule has 3 nitrogen and oxygen atoms in total. The highest BCUT2D eigenvalue weighted by molar-refractivity contribution is 7.22. The number of rotatable bonds is 4. The molecular weight excluding hydrogens is 340 g/mol. The zero-order valence-corrected chi connectivity index (χ0v) is 15.4. The molecule has 0 unspecified atom stereocenters. The lowest BCUT2D eigenvalue weighted by Crippen LogP contribution is -2.25. The zero-order chi connectivity index (χ0) is 17.3. The second-order valence-electron chi connectivity index (χ2n) is 6.20. The number of amides is 1. The number of halogens is 1. The number of aryl methyl sites for hydroxylation is 1. The number of carbonyl (C=O) groups is 1. The van der Waals surface area contributed by atoms with Gasteiger partial charge in [0.2, 0.25) is 5.91 Å². The fraction of sp³-hybridized carbons (Fsp3) is 0.263. The molecular formula is C19H19ClN2OS. The molecule has 1 amide bonds. The minimum absolute atomic E-state index is 0.0379. The third-order valence-electron chi connectivity index (χ3n) is 4.03. The molecule has 124 valence electrons. The number of anilines is 1. The fourth-order valence-electron chi connectivity index (χ4n) is 2.83. The van der Waals surface area contributed by atoms with E-state index in [-0.39, 0.29) is 17.7 Å². The number of para-hydroxylation sites is 1. The Morgan fingerprint density at radius 3 is 2.50 bits per heavy atom. The minimum Gasteiger partial charge on any atom is -0.301 e. The first-order valence-electron chi connectivity index (χ1n) is 7.88. The highest BCUT2D eigenvalue weighted by atomic mass is 35.5. The van der Waals surface area contributed by atoms with Crippen molar-refractivity contribution < 1.29 is 4.79 Å². The van der Waals surface area contributed by atoms with Gasteiger partial charge in [0.25, 0.3) is 0 Å². The summed E-state index contributed by atoms with van der Waals surface area (Å²) < 4.78 is 1.08. The maximum Gasteiger partial charge on any atom is 0.233 e. The molecule has 0 aliphatic heterocycles. The fourth-order valence-corrected chi connectivity index (χ4v) is 3.90. The van der Waals surface area contributed by atoms with Crippen LogP contribution in [0.15, 0.2) is 42.5 Å². The van der Waals surface area contributed by atoms with E-state index in [4.69, 9.17) is 11.6 Å². The lowest BCUT2D eigenvalue weighted by Gasteiger charge is -2.20. The summed E-state index contributed by atoms with van der Waals surface area (Å²) in [6.07, 6.45) is 0. The molecule has 0 aliphatic carbocycles. The van der Waals surface area contributed by atoms with Crippen LogP contribution in [-0.2, 0) is 4.79 Å². The Hall–Kier alpha value is -1.91. The number of thiazole rings is 1. The SMILES string of the molecule is Cc1cccc2sc(NC(=O)[C@@H](c3ccc(Cl)cc3)C(C)C)nc12. The minimum atomic E-state index is -0.240. The second-order valence-corrected chi connectivity index (χ2v) is 7.67. The molecule has 0 aliphatic rings. The van der Waals surface area contributed by atoms with Crippen LogP contribution >= 0.6 is 22.9 Å². The Kier molecular flexibility index (Phi) is 4.88. The topological polar surface area (TPSA) is 42.0 Å². The predicted octanol–water partition coefficient (Wildman–Crippen LogP) is 5.64. The van der Waals surface area contributed by atoms with Crippen LogP contribution in [0.25, 0.3) is 10.2 Å². The highest BCUT2D eigenvalue weighted by Gasteiger charge is 2.25. The van der Waals surface area contributed by atoms with Gasteiger partial charge >= 0.3 is 0 Å². The van der Waals surface area contributed by atoms with E-state index in [2.05, 4.69) is 10.3 Å². The first-order chi connectivity index (χ1) is 11.5. The highest BCUT2D eigenvalue weighted by Crippen LogP contribution is 2.31. The largest absolute Gasteiger partial charge is 0.301 e. The summed E-state index contributed by atoms with van der Waals surface area (Å²) in [4.78, 5) is 17.4. The van der Waals surface area contributed by atoms with E-state index >= 15 is 0 Å².